The largest absolute Gasteiger partial charge is 0.466 e. The molecule has 0 saturated heterocycles. The topological polar surface area (TPSA) is 119 Å². The smallest absolute Gasteiger partial charge is 0.412 e. The SMILES string of the molecule is C=C(C(=O)OC(OCCC(F)(F)C(F)(F)S(=O)(=O)O)(C(=O)NC(C)C)C(F)(F)F)C(F)(F)F. The van der Waals surface area contributed by atoms with Gasteiger partial charge in [0.2, 0.25) is 0 Å². The molecule has 2 N–H and O–H groups in total. The fraction of sp³-hybridized carbons (Fsp3) is 0.714. The minimum absolute atomic E-state index is 1.01. The highest BCUT2D eigenvalue weighted by molar-refractivity contribution is 7.87. The summed E-state index contributed by atoms with van der Waals surface area (Å²) >= 11 is 0. The van der Waals surface area contributed by atoms with Gasteiger partial charge in [-0.1, -0.05) is 6.58 Å². The van der Waals surface area contributed by atoms with E-state index < -0.39 is 76.0 Å². The Balaban J connectivity index is 6.25. The van der Waals surface area contributed by atoms with Gasteiger partial charge >= 0.3 is 51.3 Å². The third kappa shape index (κ3) is 6.92. The molecular weight excluding hydrogens is 516 g/mol. The lowest BCUT2D eigenvalue weighted by Gasteiger charge is -2.34. The number of hydrogen-bond acceptors (Lipinski definition) is 6. The molecule has 0 aromatic rings. The van der Waals surface area contributed by atoms with Crippen LogP contribution in [-0.4, -0.2) is 66.8 Å². The van der Waals surface area contributed by atoms with E-state index >= 15 is 0 Å². The second-order valence-corrected chi connectivity index (χ2v) is 7.87. The Morgan fingerprint density at radius 1 is 1.00 bits per heavy atom. The molecule has 8 nitrogen and oxygen atoms in total. The Morgan fingerprint density at radius 2 is 1.45 bits per heavy atom. The number of alkyl halides is 10. The molecule has 0 aliphatic carbocycles. The summed E-state index contributed by atoms with van der Waals surface area (Å²) in [7, 11) is -6.80. The molecule has 0 rings (SSSR count). The third-order valence-electron chi connectivity index (χ3n) is 3.39. The summed E-state index contributed by atoms with van der Waals surface area (Å²) in [5.41, 5.74) is -2.58. The predicted molar refractivity (Wildman–Crippen MR) is 85.4 cm³/mol. The lowest BCUT2D eigenvalue weighted by atomic mass is 10.2. The fourth-order valence-corrected chi connectivity index (χ4v) is 2.21. The van der Waals surface area contributed by atoms with Gasteiger partial charge in [0.1, 0.15) is 5.57 Å². The molecule has 0 aromatic heterocycles. The molecule has 0 radical (unpaired) electrons. The molecule has 194 valence electrons. The lowest BCUT2D eigenvalue weighted by Crippen LogP contribution is -2.63. The van der Waals surface area contributed by atoms with E-state index in [1.807, 2.05) is 0 Å². The van der Waals surface area contributed by atoms with Crippen LogP contribution >= 0.6 is 0 Å². The van der Waals surface area contributed by atoms with Crippen LogP contribution < -0.4 is 5.32 Å². The Kier molecular flexibility index (Phi) is 8.98. The van der Waals surface area contributed by atoms with Crippen LogP contribution in [0.25, 0.3) is 0 Å². The van der Waals surface area contributed by atoms with Crippen LogP contribution in [0.4, 0.5) is 43.9 Å². The van der Waals surface area contributed by atoms with Crippen LogP contribution in [0.15, 0.2) is 12.2 Å². The number of rotatable bonds is 10. The molecule has 1 amide bonds. The highest BCUT2D eigenvalue weighted by Crippen LogP contribution is 2.42. The fourth-order valence-electron chi connectivity index (χ4n) is 1.73. The van der Waals surface area contributed by atoms with E-state index in [0.29, 0.717) is 0 Å². The predicted octanol–water partition coefficient (Wildman–Crippen LogP) is 2.95. The normalized spacial score (nSPS) is 15.7. The number of nitrogens with one attached hydrogen (secondary N) is 1. The third-order valence-corrected chi connectivity index (χ3v) is 4.33. The standard InChI is InChI=1S/C14H15F10NO7S/c1-6(2)25-9(27)11(13(20,21)22,32-8(26)7(3)12(17,18)19)31-5-4-10(15,16)14(23,24)33(28,29)30/h6H,3-5H2,1-2H3,(H,25,27)(H,28,29,30). The van der Waals surface area contributed by atoms with Gasteiger partial charge in [0, 0.05) is 12.5 Å². The van der Waals surface area contributed by atoms with Crippen molar-refractivity contribution in [2.24, 2.45) is 0 Å². The summed E-state index contributed by atoms with van der Waals surface area (Å²) in [6.07, 6.45) is -14.6. The van der Waals surface area contributed by atoms with Crippen LogP contribution in [0.2, 0.25) is 0 Å². The van der Waals surface area contributed by atoms with Crippen molar-refractivity contribution in [1.29, 1.82) is 0 Å². The van der Waals surface area contributed by atoms with Gasteiger partial charge < -0.3 is 14.8 Å². The van der Waals surface area contributed by atoms with Gasteiger partial charge in [-0.05, 0) is 13.8 Å². The zero-order valence-electron chi connectivity index (χ0n) is 16.3. The monoisotopic (exact) mass is 531 g/mol. The average molecular weight is 531 g/mol. The molecule has 19 heteroatoms. The van der Waals surface area contributed by atoms with Crippen molar-refractivity contribution in [3.05, 3.63) is 12.2 Å². The molecule has 0 aromatic carbocycles. The van der Waals surface area contributed by atoms with Crippen molar-refractivity contribution >= 4 is 22.0 Å². The van der Waals surface area contributed by atoms with E-state index in [4.69, 9.17) is 4.55 Å². The van der Waals surface area contributed by atoms with Crippen LogP contribution in [0, 0.1) is 0 Å². The summed E-state index contributed by atoms with van der Waals surface area (Å²) < 4.78 is 168. The van der Waals surface area contributed by atoms with E-state index in [2.05, 4.69) is 16.1 Å². The highest BCUT2D eigenvalue weighted by Gasteiger charge is 2.69. The van der Waals surface area contributed by atoms with Crippen LogP contribution in [0.1, 0.15) is 20.3 Å². The van der Waals surface area contributed by atoms with Crippen LogP contribution in [0.5, 0.6) is 0 Å². The second kappa shape index (κ2) is 9.61. The van der Waals surface area contributed by atoms with Crippen molar-refractivity contribution < 1.29 is 75.9 Å². The number of amides is 1. The first-order chi connectivity index (χ1) is 14.3. The number of ether oxygens (including phenoxy) is 2. The minimum atomic E-state index is -6.80. The van der Waals surface area contributed by atoms with Gasteiger partial charge in [-0.25, -0.2) is 4.79 Å². The molecule has 0 saturated carbocycles. The molecule has 1 unspecified atom stereocenters. The highest BCUT2D eigenvalue weighted by atomic mass is 32.2. The van der Waals surface area contributed by atoms with Crippen molar-refractivity contribution in [3.63, 3.8) is 0 Å². The molecule has 0 aliphatic heterocycles. The average Bonchev–Trinajstić information content (AvgIpc) is 2.56. The minimum Gasteiger partial charge on any atom is -0.412 e. The molecule has 0 fully saturated rings. The van der Waals surface area contributed by atoms with E-state index in [0.717, 1.165) is 13.8 Å². The van der Waals surface area contributed by atoms with E-state index in [1.165, 1.54) is 5.32 Å². The second-order valence-electron chi connectivity index (χ2n) is 6.40. The number of esters is 1. The zero-order chi connectivity index (χ0) is 26.8. The summed E-state index contributed by atoms with van der Waals surface area (Å²) in [6, 6.07) is -1.24. The molecule has 0 heterocycles. The number of halogens is 10. The summed E-state index contributed by atoms with van der Waals surface area (Å²) in [4.78, 5) is 23.5. The quantitative estimate of drug-likeness (QED) is 0.146. The zero-order valence-corrected chi connectivity index (χ0v) is 17.1. The maximum Gasteiger partial charge on any atom is 0.466 e. The lowest BCUT2D eigenvalue weighted by molar-refractivity contribution is -0.350. The van der Waals surface area contributed by atoms with Gasteiger partial charge in [-0.3, -0.25) is 9.35 Å². The first-order valence-corrected chi connectivity index (χ1v) is 9.51. The van der Waals surface area contributed by atoms with E-state index in [9.17, 15) is 61.9 Å². The number of hydrogen-bond donors (Lipinski definition) is 2. The molecule has 0 spiro atoms. The number of carbonyl (C=O) groups excluding carboxylic acids is 2. The molecule has 1 atom stereocenters. The Hall–Kier alpha value is -2.15. The van der Waals surface area contributed by atoms with Crippen LogP contribution in [0.3, 0.4) is 0 Å². The van der Waals surface area contributed by atoms with Crippen molar-refractivity contribution in [3.8, 4) is 0 Å². The van der Waals surface area contributed by atoms with Gasteiger partial charge in [-0.2, -0.15) is 52.3 Å². The molecular formula is C14H15F10NO7S. The summed E-state index contributed by atoms with van der Waals surface area (Å²) in [5.74, 6) is -16.4. The maximum absolute atomic E-state index is 13.6. The van der Waals surface area contributed by atoms with Gasteiger partial charge in [0.25, 0.3) is 0 Å². The Bertz CT molecular complexity index is 867. The van der Waals surface area contributed by atoms with Crippen molar-refractivity contribution in [1.82, 2.24) is 5.32 Å². The molecule has 33 heavy (non-hydrogen) atoms. The first kappa shape index (κ1) is 30.9. The molecule has 0 bridgehead atoms. The van der Waals surface area contributed by atoms with Crippen LogP contribution in [-0.2, 0) is 29.2 Å². The van der Waals surface area contributed by atoms with Gasteiger partial charge in [-0.15, -0.1) is 0 Å². The Labute approximate surface area is 178 Å². The van der Waals surface area contributed by atoms with Gasteiger partial charge in [0.05, 0.1) is 6.61 Å². The Morgan fingerprint density at radius 3 is 1.79 bits per heavy atom. The first-order valence-electron chi connectivity index (χ1n) is 8.07. The van der Waals surface area contributed by atoms with Crippen molar-refractivity contribution in [2.45, 2.75) is 55.6 Å². The summed E-state index contributed by atoms with van der Waals surface area (Å²) in [6.45, 7) is 1.81. The number of carbonyl (C=O) groups is 2. The van der Waals surface area contributed by atoms with Gasteiger partial charge in [0.15, 0.2) is 0 Å². The molecule has 0 aliphatic rings. The summed E-state index contributed by atoms with van der Waals surface area (Å²) in [5, 5.41) is -4.81. The van der Waals surface area contributed by atoms with E-state index in [-0.39, 0.29) is 0 Å². The van der Waals surface area contributed by atoms with Crippen molar-refractivity contribution in [2.75, 3.05) is 6.61 Å². The van der Waals surface area contributed by atoms with E-state index in [1.54, 1.807) is 0 Å². The maximum atomic E-state index is 13.6.